The number of benzene rings is 4. The molecule has 0 radical (unpaired) electrons. The summed E-state index contributed by atoms with van der Waals surface area (Å²) in [6, 6.07) is 17.8. The van der Waals surface area contributed by atoms with Crippen molar-refractivity contribution >= 4 is 45.2 Å². The Hall–Kier alpha value is -7.33. The molecule has 6 aromatic rings. The number of hydrogen-bond donors (Lipinski definition) is 5. The van der Waals surface area contributed by atoms with E-state index in [1.165, 1.54) is 35.2 Å². The van der Waals surface area contributed by atoms with Crippen LogP contribution in [0.3, 0.4) is 0 Å². The molecule has 15 nitrogen and oxygen atoms in total. The summed E-state index contributed by atoms with van der Waals surface area (Å²) in [6.45, 7) is 12.1. The molecule has 452 valence electrons. The van der Waals surface area contributed by atoms with Crippen LogP contribution in [0.4, 0.5) is 19.0 Å². The molecule has 2 aromatic heterocycles. The van der Waals surface area contributed by atoms with Gasteiger partial charge in [0.25, 0.3) is 0 Å². The molecule has 1 spiro atoms. The van der Waals surface area contributed by atoms with E-state index in [9.17, 15) is 29.0 Å². The highest BCUT2D eigenvalue weighted by Crippen LogP contribution is 2.51. The Balaban J connectivity index is 0.637. The maximum Gasteiger partial charge on any atom is 0.319 e. The number of likely N-dealkylation sites (tertiary alicyclic amines) is 2. The van der Waals surface area contributed by atoms with Crippen LogP contribution in [-0.2, 0) is 14.4 Å². The normalized spacial score (nSPS) is 22.6. The standard InChI is InChI=1S/C68H78F3N9O6/c1-6-49-54(70)19-16-44-31-47(81)32-51(57(44)49)59-58(71)60-52(34-72-59)62(79-35-45-17-18-46(36-79)74-45)77-65(76-60)86-39-68(25-26-68)38-78-29-27-67(28-30-78)23-21-41(22-24-67)11-20-56(83)75-61(66(3,4)5)64(85)80-37-48(82)33-55(80)63(84)73-40(2)42-12-14-43(15-13-42)50-9-7-8-10-53(50)69/h1,7-10,12-16,19,31-32,34,40-41,45-46,48,55,61,74,81-82H,11,17-18,20-30,33,35-39H2,2-5H3,(H,73,84)(H,75,83)/t40-,45?,46?,48+,55-,61+/m0/s1. The summed E-state index contributed by atoms with van der Waals surface area (Å²) in [7, 11) is 0. The van der Waals surface area contributed by atoms with Gasteiger partial charge in [0.1, 0.15) is 46.5 Å². The van der Waals surface area contributed by atoms with Crippen LogP contribution in [0, 0.1) is 52.0 Å². The Bertz CT molecular complexity index is 3590. The highest BCUT2D eigenvalue weighted by molar-refractivity contribution is 6.03. The van der Waals surface area contributed by atoms with Crippen LogP contribution >= 0.6 is 0 Å². The predicted octanol–water partition coefficient (Wildman–Crippen LogP) is 10.1. The lowest BCUT2D eigenvalue weighted by Gasteiger charge is -2.46. The highest BCUT2D eigenvalue weighted by Gasteiger charge is 2.48. The molecule has 5 N–H and O–H groups in total. The van der Waals surface area contributed by atoms with Crippen molar-refractivity contribution in [3.8, 4) is 46.5 Å². The van der Waals surface area contributed by atoms with Crippen molar-refractivity contribution in [3.63, 3.8) is 0 Å². The van der Waals surface area contributed by atoms with Gasteiger partial charge in [-0.25, -0.2) is 13.2 Å². The zero-order valence-corrected chi connectivity index (χ0v) is 49.6. The number of pyridine rings is 1. The van der Waals surface area contributed by atoms with Crippen LogP contribution in [0.1, 0.15) is 128 Å². The molecule has 4 aliphatic heterocycles. The number of fused-ring (bicyclic) bond motifs is 4. The van der Waals surface area contributed by atoms with Crippen molar-refractivity contribution in [2.75, 3.05) is 50.8 Å². The lowest BCUT2D eigenvalue weighted by molar-refractivity contribution is -0.144. The van der Waals surface area contributed by atoms with Gasteiger partial charge in [0.15, 0.2) is 5.82 Å². The van der Waals surface area contributed by atoms with E-state index < -0.39 is 53.1 Å². The molecule has 2 saturated carbocycles. The Morgan fingerprint density at radius 3 is 2.28 bits per heavy atom. The molecule has 18 heteroatoms. The number of aromatic nitrogens is 3. The van der Waals surface area contributed by atoms with Gasteiger partial charge < -0.3 is 45.6 Å². The second-order valence-corrected chi connectivity index (χ2v) is 26.9. The number of β-amino-alcohol motifs (C(OH)–C–C–N with tert-alkyl or cyclic N) is 1. The lowest BCUT2D eigenvalue weighted by Crippen LogP contribution is -2.57. The topological polar surface area (TPSA) is 185 Å². The van der Waals surface area contributed by atoms with Gasteiger partial charge in [-0.1, -0.05) is 75.2 Å². The average molecular weight is 1170 g/mol. The van der Waals surface area contributed by atoms with Gasteiger partial charge in [0.2, 0.25) is 17.7 Å². The smallest absolute Gasteiger partial charge is 0.319 e. The minimum atomic E-state index is -0.919. The second-order valence-electron chi connectivity index (χ2n) is 26.9. The number of rotatable bonds is 16. The average Bonchev–Trinajstić information content (AvgIpc) is 1.15. The van der Waals surface area contributed by atoms with E-state index in [1.807, 2.05) is 52.0 Å². The molecule has 3 amide bonds. The predicted molar refractivity (Wildman–Crippen MR) is 324 cm³/mol. The monoisotopic (exact) mass is 1170 g/mol. The summed E-state index contributed by atoms with van der Waals surface area (Å²) < 4.78 is 53.4. The number of halogens is 3. The van der Waals surface area contributed by atoms with E-state index in [0.717, 1.165) is 95.8 Å². The van der Waals surface area contributed by atoms with Crippen molar-refractivity contribution in [2.24, 2.45) is 22.2 Å². The summed E-state index contributed by atoms with van der Waals surface area (Å²) in [6.07, 6.45) is 18.1. The first-order valence-corrected chi connectivity index (χ1v) is 30.8. The maximum atomic E-state index is 17.2. The van der Waals surface area contributed by atoms with Crippen LogP contribution in [-0.4, -0.2) is 129 Å². The fraction of sp³-hybridized carbons (Fsp3) is 0.500. The molecule has 6 fully saturated rings. The molecule has 6 aliphatic rings. The fourth-order valence-electron chi connectivity index (χ4n) is 14.4. The number of hydrogen-bond acceptors (Lipinski definition) is 12. The number of ether oxygens (including phenoxy) is 1. The zero-order valence-electron chi connectivity index (χ0n) is 49.6. The van der Waals surface area contributed by atoms with E-state index >= 15 is 8.78 Å². The first kappa shape index (κ1) is 59.0. The molecule has 2 unspecified atom stereocenters. The van der Waals surface area contributed by atoms with Crippen molar-refractivity contribution in [1.82, 2.24) is 40.7 Å². The van der Waals surface area contributed by atoms with Gasteiger partial charge in [-0.3, -0.25) is 19.4 Å². The van der Waals surface area contributed by atoms with Gasteiger partial charge in [-0.05, 0) is 148 Å². The van der Waals surface area contributed by atoms with Gasteiger partial charge in [-0.2, -0.15) is 9.97 Å². The Kier molecular flexibility index (Phi) is 16.3. The number of carbonyl (C=O) groups is 3. The van der Waals surface area contributed by atoms with Crippen LogP contribution in [0.2, 0.25) is 0 Å². The maximum absolute atomic E-state index is 17.2. The van der Waals surface area contributed by atoms with Gasteiger partial charge in [0, 0.05) is 79.2 Å². The molecule has 2 bridgehead atoms. The molecular weight excluding hydrogens is 1100 g/mol. The van der Waals surface area contributed by atoms with Gasteiger partial charge >= 0.3 is 6.01 Å². The third kappa shape index (κ3) is 12.2. The van der Waals surface area contributed by atoms with E-state index in [1.54, 1.807) is 24.4 Å². The van der Waals surface area contributed by atoms with Crippen LogP contribution < -0.4 is 25.6 Å². The number of nitrogens with one attached hydrogen (secondary N) is 3. The second kappa shape index (κ2) is 23.7. The number of piperazine rings is 1. The Morgan fingerprint density at radius 2 is 1.59 bits per heavy atom. The van der Waals surface area contributed by atoms with E-state index in [0.29, 0.717) is 53.3 Å². The number of carbonyl (C=O) groups excluding carboxylic acids is 3. The van der Waals surface area contributed by atoms with Crippen molar-refractivity contribution in [2.45, 2.75) is 147 Å². The molecule has 86 heavy (non-hydrogen) atoms. The third-order valence-electron chi connectivity index (χ3n) is 19.7. The van der Waals surface area contributed by atoms with E-state index in [2.05, 4.69) is 36.7 Å². The van der Waals surface area contributed by atoms with Crippen LogP contribution in [0.15, 0.2) is 79.0 Å². The molecule has 6 heterocycles. The largest absolute Gasteiger partial charge is 0.508 e. The summed E-state index contributed by atoms with van der Waals surface area (Å²) in [5.41, 5.74) is 1.51. The van der Waals surface area contributed by atoms with Gasteiger partial charge in [0.05, 0.1) is 29.7 Å². The molecular formula is C68H78F3N9O6. The summed E-state index contributed by atoms with van der Waals surface area (Å²) in [5, 5.41) is 32.4. The Morgan fingerprint density at radius 1 is 0.872 bits per heavy atom. The Labute approximate surface area is 500 Å². The molecule has 2 aliphatic carbocycles. The zero-order chi connectivity index (χ0) is 60.2. The van der Waals surface area contributed by atoms with Crippen molar-refractivity contribution in [1.29, 1.82) is 0 Å². The minimum Gasteiger partial charge on any atom is -0.508 e. The SMILES string of the molecule is C#Cc1c(F)ccc2cc(O)cc(-c3ncc4c(N5CC6CCC(C5)N6)nc(OCC5(CN6CCC7(CCC(CCC(=O)N[C@H](C(=O)N8C[C@H](O)C[C@H]8C(=O)N[C@@H](C)c8ccc(-c9ccccc9F)cc8)C(C)(C)C)CC7)CC6)CC5)nc4c3F)c12. The number of aliphatic hydroxyl groups excluding tert-OH is 1. The number of aliphatic hydroxyl groups is 1. The number of phenols is 1. The molecule has 12 rings (SSSR count). The number of nitrogens with zero attached hydrogens (tertiary/aromatic N) is 6. The number of phenolic OH excluding ortho intramolecular Hbond substituents is 1. The highest BCUT2D eigenvalue weighted by atomic mass is 19.1. The first-order chi connectivity index (χ1) is 41.2. The summed E-state index contributed by atoms with van der Waals surface area (Å²) >= 11 is 0. The molecule has 4 aromatic carbocycles. The third-order valence-corrected chi connectivity index (χ3v) is 19.7. The van der Waals surface area contributed by atoms with Crippen molar-refractivity contribution in [3.05, 3.63) is 108 Å². The van der Waals surface area contributed by atoms with E-state index in [-0.39, 0.29) is 93.5 Å². The quantitative estimate of drug-likeness (QED) is 0.0579. The van der Waals surface area contributed by atoms with E-state index in [4.69, 9.17) is 21.1 Å². The van der Waals surface area contributed by atoms with Crippen LogP contribution in [0.25, 0.3) is 44.1 Å². The number of piperidine rings is 1. The molecule has 4 saturated heterocycles. The number of aromatic hydroxyl groups is 1. The fourth-order valence-corrected chi connectivity index (χ4v) is 14.4. The number of amides is 3. The number of anilines is 1. The lowest BCUT2D eigenvalue weighted by atomic mass is 9.65. The van der Waals surface area contributed by atoms with Crippen LogP contribution in [0.5, 0.6) is 11.8 Å². The summed E-state index contributed by atoms with van der Waals surface area (Å²) in [5.74, 6) is 0.524. The first-order valence-electron chi connectivity index (χ1n) is 30.8. The summed E-state index contributed by atoms with van der Waals surface area (Å²) in [4.78, 5) is 62.4. The molecule has 6 atom stereocenters. The number of terminal acetylenes is 1. The minimum absolute atomic E-state index is 0.0173. The van der Waals surface area contributed by atoms with Gasteiger partial charge in [-0.15, -0.1) is 6.42 Å². The van der Waals surface area contributed by atoms with Crippen molar-refractivity contribution < 1.29 is 42.5 Å².